The maximum absolute atomic E-state index is 12.3. The van der Waals surface area contributed by atoms with Crippen molar-refractivity contribution in [3.05, 3.63) is 63.7 Å². The van der Waals surface area contributed by atoms with Crippen molar-refractivity contribution < 1.29 is 17.9 Å². The molecule has 0 aromatic heterocycles. The lowest BCUT2D eigenvalue weighted by molar-refractivity contribution is -0.274. The van der Waals surface area contributed by atoms with Crippen LogP contribution in [-0.4, -0.2) is 36.8 Å². The average molecular weight is 413 g/mol. The third-order valence-electron chi connectivity index (χ3n) is 4.76. The van der Waals surface area contributed by atoms with Crippen LogP contribution in [0.25, 0.3) is 0 Å². The molecule has 0 bridgehead atoms. The van der Waals surface area contributed by atoms with Crippen LogP contribution in [0.2, 0.25) is 5.02 Å². The highest BCUT2D eigenvalue weighted by molar-refractivity contribution is 6.31. The summed E-state index contributed by atoms with van der Waals surface area (Å²) in [5.74, 6) is -0.202. The largest absolute Gasteiger partial charge is 0.573 e. The molecule has 1 aliphatic heterocycles. The molecular weight excluding hydrogens is 389 g/mol. The summed E-state index contributed by atoms with van der Waals surface area (Å²) < 4.78 is 40.7. The van der Waals surface area contributed by atoms with Crippen molar-refractivity contribution in [3.63, 3.8) is 0 Å². The van der Waals surface area contributed by atoms with E-state index in [4.69, 9.17) is 11.6 Å². The summed E-state index contributed by atoms with van der Waals surface area (Å²) in [5.41, 5.74) is 4.57. The zero-order chi connectivity index (χ0) is 20.3. The van der Waals surface area contributed by atoms with E-state index in [1.165, 1.54) is 23.3 Å². The first-order chi connectivity index (χ1) is 13.2. The minimum absolute atomic E-state index is 0.202. The van der Waals surface area contributed by atoms with Gasteiger partial charge in [-0.2, -0.15) is 0 Å². The lowest BCUT2D eigenvalue weighted by Gasteiger charge is -2.15. The van der Waals surface area contributed by atoms with Gasteiger partial charge < -0.3 is 9.64 Å². The summed E-state index contributed by atoms with van der Waals surface area (Å²) in [6, 6.07) is 10.3. The molecule has 2 aromatic rings. The second-order valence-electron chi connectivity index (χ2n) is 7.46. The summed E-state index contributed by atoms with van der Waals surface area (Å²) in [6.45, 7) is 3.21. The molecular formula is C21H24ClF3N2O. The van der Waals surface area contributed by atoms with Gasteiger partial charge in [-0.3, -0.25) is 4.90 Å². The molecule has 0 saturated carbocycles. The van der Waals surface area contributed by atoms with Gasteiger partial charge in [0.15, 0.2) is 0 Å². The van der Waals surface area contributed by atoms with E-state index in [1.54, 1.807) is 12.1 Å². The van der Waals surface area contributed by atoms with E-state index in [0.717, 1.165) is 48.6 Å². The van der Waals surface area contributed by atoms with Gasteiger partial charge in [-0.25, -0.2) is 0 Å². The van der Waals surface area contributed by atoms with Crippen LogP contribution in [0, 0.1) is 0 Å². The van der Waals surface area contributed by atoms with Crippen LogP contribution < -0.4 is 4.74 Å². The third kappa shape index (κ3) is 5.87. The zero-order valence-corrected chi connectivity index (χ0v) is 16.8. The highest BCUT2D eigenvalue weighted by Crippen LogP contribution is 2.32. The van der Waals surface area contributed by atoms with Gasteiger partial charge in [0.05, 0.1) is 0 Å². The van der Waals surface area contributed by atoms with E-state index < -0.39 is 6.36 Å². The standard InChI is InChI=1S/C21H24ClF3N2O/c1-26(2)9-3-4-16-10-17-13-27(14-19(17)20(22)11-16)12-15-5-7-18(8-6-15)28-21(23,24)25/h5-8,10-11H,3-4,9,12-14H2,1-2H3. The van der Waals surface area contributed by atoms with Crippen LogP contribution in [0.3, 0.4) is 0 Å². The van der Waals surface area contributed by atoms with Crippen LogP contribution in [0.1, 0.15) is 28.7 Å². The number of alkyl halides is 3. The van der Waals surface area contributed by atoms with Gasteiger partial charge in [0.1, 0.15) is 5.75 Å². The van der Waals surface area contributed by atoms with Crippen LogP contribution in [0.4, 0.5) is 13.2 Å². The molecule has 152 valence electrons. The molecule has 0 fully saturated rings. The monoisotopic (exact) mass is 412 g/mol. The molecule has 0 N–H and O–H groups in total. The van der Waals surface area contributed by atoms with Crippen molar-refractivity contribution in [2.45, 2.75) is 38.8 Å². The second-order valence-corrected chi connectivity index (χ2v) is 7.87. The predicted octanol–water partition coefficient (Wildman–Crippen LogP) is 5.25. The van der Waals surface area contributed by atoms with Crippen molar-refractivity contribution in [1.82, 2.24) is 9.80 Å². The Labute approximate surface area is 168 Å². The minimum Gasteiger partial charge on any atom is -0.406 e. The van der Waals surface area contributed by atoms with Gasteiger partial charge in [-0.15, -0.1) is 13.2 Å². The van der Waals surface area contributed by atoms with E-state index in [2.05, 4.69) is 40.8 Å². The Morgan fingerprint density at radius 1 is 1.07 bits per heavy atom. The molecule has 0 spiro atoms. The van der Waals surface area contributed by atoms with E-state index >= 15 is 0 Å². The molecule has 1 heterocycles. The summed E-state index contributed by atoms with van der Waals surface area (Å²) in [7, 11) is 4.13. The zero-order valence-electron chi connectivity index (χ0n) is 16.0. The second kappa shape index (κ2) is 8.72. The van der Waals surface area contributed by atoms with Crippen molar-refractivity contribution in [1.29, 1.82) is 0 Å². The third-order valence-corrected chi connectivity index (χ3v) is 5.09. The highest BCUT2D eigenvalue weighted by atomic mass is 35.5. The molecule has 0 amide bonds. The van der Waals surface area contributed by atoms with E-state index in [1.807, 2.05) is 0 Å². The van der Waals surface area contributed by atoms with Crippen molar-refractivity contribution in [3.8, 4) is 5.75 Å². The number of halogens is 4. The molecule has 0 radical (unpaired) electrons. The predicted molar refractivity (Wildman–Crippen MR) is 104 cm³/mol. The van der Waals surface area contributed by atoms with Crippen LogP contribution in [0.5, 0.6) is 5.75 Å². The van der Waals surface area contributed by atoms with Gasteiger partial charge in [-0.1, -0.05) is 29.8 Å². The number of hydrogen-bond donors (Lipinski definition) is 0. The number of rotatable bonds is 7. The van der Waals surface area contributed by atoms with Gasteiger partial charge in [0.2, 0.25) is 0 Å². The van der Waals surface area contributed by atoms with E-state index in [0.29, 0.717) is 6.54 Å². The lowest BCUT2D eigenvalue weighted by atomic mass is 10.0. The maximum atomic E-state index is 12.3. The van der Waals surface area contributed by atoms with Crippen LogP contribution in [-0.2, 0) is 26.1 Å². The van der Waals surface area contributed by atoms with Crippen molar-refractivity contribution in [2.24, 2.45) is 0 Å². The van der Waals surface area contributed by atoms with Gasteiger partial charge in [0, 0.05) is 24.7 Å². The summed E-state index contributed by atoms with van der Waals surface area (Å²) in [4.78, 5) is 4.40. The SMILES string of the molecule is CN(C)CCCc1cc(Cl)c2c(c1)CN(Cc1ccc(OC(F)(F)F)cc1)C2. The molecule has 2 aromatic carbocycles. The lowest BCUT2D eigenvalue weighted by Crippen LogP contribution is -2.17. The van der Waals surface area contributed by atoms with E-state index in [9.17, 15) is 13.2 Å². The fraction of sp³-hybridized carbons (Fsp3) is 0.429. The highest BCUT2D eigenvalue weighted by Gasteiger charge is 2.31. The Morgan fingerprint density at radius 2 is 1.79 bits per heavy atom. The van der Waals surface area contributed by atoms with Crippen molar-refractivity contribution in [2.75, 3.05) is 20.6 Å². The molecule has 7 heteroatoms. The Morgan fingerprint density at radius 3 is 2.43 bits per heavy atom. The molecule has 0 saturated heterocycles. The number of benzene rings is 2. The molecule has 0 unspecified atom stereocenters. The van der Waals surface area contributed by atoms with Gasteiger partial charge in [-0.05, 0) is 73.9 Å². The number of aryl methyl sites for hydroxylation is 1. The number of fused-ring (bicyclic) bond motifs is 1. The van der Waals surface area contributed by atoms with Crippen LogP contribution >= 0.6 is 11.6 Å². The fourth-order valence-electron chi connectivity index (χ4n) is 3.50. The van der Waals surface area contributed by atoms with Crippen molar-refractivity contribution >= 4 is 11.6 Å². The molecule has 1 aliphatic rings. The molecule has 0 aliphatic carbocycles. The Hall–Kier alpha value is -1.76. The van der Waals surface area contributed by atoms with Crippen LogP contribution in [0.15, 0.2) is 36.4 Å². The smallest absolute Gasteiger partial charge is 0.406 e. The summed E-state index contributed by atoms with van der Waals surface area (Å²) >= 11 is 6.51. The minimum atomic E-state index is -4.67. The Kier molecular flexibility index (Phi) is 6.53. The molecule has 0 atom stereocenters. The quantitative estimate of drug-likeness (QED) is 0.617. The maximum Gasteiger partial charge on any atom is 0.573 e. The van der Waals surface area contributed by atoms with Gasteiger partial charge in [0.25, 0.3) is 0 Å². The number of nitrogens with zero attached hydrogens (tertiary/aromatic N) is 2. The average Bonchev–Trinajstić information content (AvgIpc) is 2.98. The molecule has 28 heavy (non-hydrogen) atoms. The first-order valence-electron chi connectivity index (χ1n) is 9.21. The topological polar surface area (TPSA) is 15.7 Å². The Balaban J connectivity index is 1.60. The molecule has 3 rings (SSSR count). The Bertz CT molecular complexity index is 807. The summed E-state index contributed by atoms with van der Waals surface area (Å²) in [6.07, 6.45) is -2.59. The fourth-order valence-corrected chi connectivity index (χ4v) is 3.83. The van der Waals surface area contributed by atoms with Gasteiger partial charge >= 0.3 is 6.36 Å². The number of ether oxygens (including phenoxy) is 1. The first kappa shape index (κ1) is 21.0. The van der Waals surface area contributed by atoms with E-state index in [-0.39, 0.29) is 5.75 Å². The normalized spacial score (nSPS) is 14.5. The molecule has 3 nitrogen and oxygen atoms in total. The number of hydrogen-bond acceptors (Lipinski definition) is 3. The summed E-state index contributed by atoms with van der Waals surface area (Å²) in [5, 5.41) is 0.800. The first-order valence-corrected chi connectivity index (χ1v) is 9.59.